The van der Waals surface area contributed by atoms with E-state index >= 15 is 0 Å². The Morgan fingerprint density at radius 3 is 2.49 bits per heavy atom. The molecule has 0 radical (unpaired) electrons. The highest BCUT2D eigenvalue weighted by Gasteiger charge is 2.40. The van der Waals surface area contributed by atoms with E-state index in [0.717, 1.165) is 38.6 Å². The van der Waals surface area contributed by atoms with E-state index in [2.05, 4.69) is 116 Å². The third-order valence-corrected chi connectivity index (χ3v) is 11.2. The van der Waals surface area contributed by atoms with E-state index in [9.17, 15) is 10.5 Å². The van der Waals surface area contributed by atoms with Gasteiger partial charge in [-0.25, -0.2) is 0 Å². The molecule has 0 N–H and O–H groups in total. The quantitative estimate of drug-likeness (QED) is 0.201. The number of benzene rings is 4. The largest absolute Gasteiger partial charge is 0.300 e. The van der Waals surface area contributed by atoms with Gasteiger partial charge in [-0.2, -0.15) is 10.5 Å². The number of hydrogen-bond acceptors (Lipinski definition) is 3. The van der Waals surface area contributed by atoms with Crippen molar-refractivity contribution in [1.29, 1.82) is 10.5 Å². The van der Waals surface area contributed by atoms with Gasteiger partial charge in [0.15, 0.2) is 0 Å². The van der Waals surface area contributed by atoms with Crippen LogP contribution >= 0.6 is 11.8 Å². The van der Waals surface area contributed by atoms with Crippen LogP contribution in [0.15, 0.2) is 108 Å². The van der Waals surface area contributed by atoms with Gasteiger partial charge in [0.2, 0.25) is 0 Å². The molecule has 45 heavy (non-hydrogen) atoms. The van der Waals surface area contributed by atoms with E-state index in [0.29, 0.717) is 11.1 Å². The van der Waals surface area contributed by atoms with Gasteiger partial charge >= 0.3 is 0 Å². The number of para-hydroxylation sites is 2. The van der Waals surface area contributed by atoms with E-state index in [1.54, 1.807) is 0 Å². The summed E-state index contributed by atoms with van der Waals surface area (Å²) in [7, 11) is 0. The summed E-state index contributed by atoms with van der Waals surface area (Å²) >= 11 is 1.95. The van der Waals surface area contributed by atoms with Gasteiger partial charge in [0.25, 0.3) is 0 Å². The van der Waals surface area contributed by atoms with Gasteiger partial charge in [-0.05, 0) is 75.9 Å². The van der Waals surface area contributed by atoms with E-state index in [4.69, 9.17) is 0 Å². The first-order chi connectivity index (χ1) is 22.0. The molecule has 9 rings (SSSR count). The van der Waals surface area contributed by atoms with Crippen molar-refractivity contribution in [2.75, 3.05) is 0 Å². The Bertz CT molecular complexity index is 2420. The molecule has 1 aromatic heterocycles. The molecule has 0 saturated carbocycles. The molecule has 3 nitrogen and oxygen atoms in total. The first-order valence-corrected chi connectivity index (χ1v) is 16.0. The maximum Gasteiger partial charge on any atom is 0.108 e. The molecule has 3 aliphatic rings. The van der Waals surface area contributed by atoms with Crippen molar-refractivity contribution in [1.82, 2.24) is 4.57 Å². The maximum absolute atomic E-state index is 10.4. The van der Waals surface area contributed by atoms with Gasteiger partial charge in [0.05, 0.1) is 16.8 Å². The average molecular weight is 592 g/mol. The number of nitriles is 2. The van der Waals surface area contributed by atoms with Crippen molar-refractivity contribution < 1.29 is 0 Å². The Morgan fingerprint density at radius 2 is 1.62 bits per heavy atom. The number of nitrogens with zero attached hydrogens (tertiary/aromatic N) is 3. The van der Waals surface area contributed by atoms with Gasteiger partial charge in [-0.1, -0.05) is 86.7 Å². The zero-order valence-electron chi connectivity index (χ0n) is 24.7. The van der Waals surface area contributed by atoms with Gasteiger partial charge in [-0.15, -0.1) is 11.8 Å². The fourth-order valence-electron chi connectivity index (χ4n) is 7.72. The van der Waals surface area contributed by atoms with Crippen LogP contribution < -0.4 is 0 Å². The molecule has 5 aromatic carbocycles. The SMILES string of the molecule is CC1(C)c2ccccc2-c2cc3c(cc21)SC1C=C(c2cccc(C#N)c2-n2c4c#cc(C#N)cc4c4ccccc42)C=CC31. The van der Waals surface area contributed by atoms with Gasteiger partial charge in [0.1, 0.15) is 23.2 Å². The second-order valence-electron chi connectivity index (χ2n) is 12.5. The summed E-state index contributed by atoms with van der Waals surface area (Å²) in [5, 5.41) is 22.1. The number of allylic oxidation sites excluding steroid dienone is 3. The minimum Gasteiger partial charge on any atom is -0.300 e. The van der Waals surface area contributed by atoms with Crippen LogP contribution in [0.25, 0.3) is 44.2 Å². The number of fused-ring (bicyclic) bond motifs is 9. The van der Waals surface area contributed by atoms with Crippen LogP contribution in [-0.4, -0.2) is 9.82 Å². The van der Waals surface area contributed by atoms with Gasteiger partial charge in [-0.3, -0.25) is 0 Å². The molecule has 2 unspecified atom stereocenters. The first kappa shape index (κ1) is 26.0. The highest BCUT2D eigenvalue weighted by Crippen LogP contribution is 2.56. The third kappa shape index (κ3) is 3.54. The minimum atomic E-state index is -0.0243. The molecular formula is C41H25N3S. The summed E-state index contributed by atoms with van der Waals surface area (Å²) in [6.45, 7) is 4.67. The number of hydrogen-bond donors (Lipinski definition) is 0. The van der Waals surface area contributed by atoms with Gasteiger partial charge in [0, 0.05) is 37.8 Å². The van der Waals surface area contributed by atoms with Crippen molar-refractivity contribution in [2.45, 2.75) is 35.3 Å². The van der Waals surface area contributed by atoms with Crippen LogP contribution in [0.3, 0.4) is 0 Å². The zero-order valence-corrected chi connectivity index (χ0v) is 25.5. The highest BCUT2D eigenvalue weighted by molar-refractivity contribution is 8.00. The number of thioether (sulfide) groups is 1. The molecule has 0 amide bonds. The summed E-state index contributed by atoms with van der Waals surface area (Å²) in [5.74, 6) is 0.290. The van der Waals surface area contributed by atoms with E-state index in [1.807, 2.05) is 42.1 Å². The highest BCUT2D eigenvalue weighted by atomic mass is 32.2. The number of aromatic nitrogens is 1. The molecule has 4 heteroatoms. The molecule has 2 aliphatic carbocycles. The summed E-state index contributed by atoms with van der Waals surface area (Å²) in [6.07, 6.45) is 6.97. The molecule has 0 saturated heterocycles. The van der Waals surface area contributed by atoms with E-state index in [1.165, 1.54) is 32.7 Å². The van der Waals surface area contributed by atoms with Gasteiger partial charge < -0.3 is 4.57 Å². The van der Waals surface area contributed by atoms with Crippen LogP contribution in [0.4, 0.5) is 0 Å². The number of rotatable bonds is 2. The molecule has 6 aromatic rings. The zero-order chi connectivity index (χ0) is 30.4. The molecular weight excluding hydrogens is 567 g/mol. The van der Waals surface area contributed by atoms with Crippen molar-refractivity contribution in [3.63, 3.8) is 0 Å². The van der Waals surface area contributed by atoms with E-state index < -0.39 is 0 Å². The normalized spacial score (nSPS) is 18.4. The topological polar surface area (TPSA) is 52.5 Å². The Balaban J connectivity index is 1.19. The van der Waals surface area contributed by atoms with E-state index in [-0.39, 0.29) is 16.6 Å². The lowest BCUT2D eigenvalue weighted by Gasteiger charge is -2.22. The predicted octanol–water partition coefficient (Wildman–Crippen LogP) is 9.65. The second-order valence-corrected chi connectivity index (χ2v) is 13.8. The molecule has 0 fully saturated rings. The van der Waals surface area contributed by atoms with Crippen LogP contribution in [0.2, 0.25) is 0 Å². The van der Waals surface area contributed by atoms with Crippen molar-refractivity contribution in [2.24, 2.45) is 0 Å². The first-order valence-electron chi connectivity index (χ1n) is 15.1. The fraction of sp³-hybridized carbons (Fsp3) is 0.122. The average Bonchev–Trinajstić information content (AvgIpc) is 3.68. The minimum absolute atomic E-state index is 0.0243. The Hall–Kier alpha value is -5.47. The predicted molar refractivity (Wildman–Crippen MR) is 181 cm³/mol. The maximum atomic E-state index is 10.4. The second kappa shape index (κ2) is 9.27. The molecule has 2 heterocycles. The molecule has 0 bridgehead atoms. The molecule has 210 valence electrons. The molecule has 2 atom stereocenters. The lowest BCUT2D eigenvalue weighted by molar-refractivity contribution is 0.658. The lowest BCUT2D eigenvalue weighted by atomic mass is 9.81. The summed E-state index contributed by atoms with van der Waals surface area (Å²) in [6, 6.07) is 40.6. The monoisotopic (exact) mass is 591 g/mol. The van der Waals surface area contributed by atoms with Crippen LogP contribution in [0.5, 0.6) is 0 Å². The molecule has 1 aliphatic heterocycles. The smallest absolute Gasteiger partial charge is 0.108 e. The lowest BCUT2D eigenvalue weighted by Crippen LogP contribution is -2.15. The summed E-state index contributed by atoms with van der Waals surface area (Å²) in [4.78, 5) is 1.36. The van der Waals surface area contributed by atoms with Crippen molar-refractivity contribution >= 4 is 39.1 Å². The standard InChI is InChI=1S/C41H25N3S/c1-41(2)34-12-5-3-9-28(34)31-20-33-30-16-15-25(19-38(30)45-39(33)21-35(31)41)27-11-7-8-26(23-43)40(27)44-36-13-6-4-10-29(36)32-18-24(22-42)14-17-37(32)44/h3-13,15-16,18-21,30,38H,1-2H3. The Kier molecular flexibility index (Phi) is 5.35. The van der Waals surface area contributed by atoms with Crippen molar-refractivity contribution in [3.05, 3.63) is 149 Å². The molecule has 0 spiro atoms. The fourth-order valence-corrected chi connectivity index (χ4v) is 9.12. The van der Waals surface area contributed by atoms with Crippen LogP contribution in [0, 0.1) is 34.8 Å². The summed E-state index contributed by atoms with van der Waals surface area (Å²) in [5.41, 5.74) is 12.6. The summed E-state index contributed by atoms with van der Waals surface area (Å²) < 4.78 is 2.12. The van der Waals surface area contributed by atoms with Crippen LogP contribution in [-0.2, 0) is 5.41 Å². The van der Waals surface area contributed by atoms with Crippen molar-refractivity contribution in [3.8, 4) is 29.0 Å². The third-order valence-electron chi connectivity index (χ3n) is 9.85. The Morgan fingerprint density at radius 1 is 0.800 bits per heavy atom. The van der Waals surface area contributed by atoms with Crippen LogP contribution in [0.1, 0.15) is 53.1 Å². The Labute approximate surface area is 266 Å².